The van der Waals surface area contributed by atoms with Crippen LogP contribution in [0.3, 0.4) is 0 Å². The molecule has 0 radical (unpaired) electrons. The number of hydrogen-bond donors (Lipinski definition) is 0. The maximum absolute atomic E-state index is 12.6. The summed E-state index contributed by atoms with van der Waals surface area (Å²) in [4.78, 5) is 36.2. The minimum Gasteiger partial charge on any atom is -0.309 e. The Bertz CT molecular complexity index is 901. The number of amides is 1. The van der Waals surface area contributed by atoms with Crippen LogP contribution in [0.5, 0.6) is 0 Å². The standard InChI is InChI=1S/C20H18N2O4/c1-14(23)17-8-7-16-3-2-12-21(19(16)13-17)20(24)11-6-15-4-9-18(10-5-15)22(25)26/h4-11,13H,2-3,12H2,1H3/b11-6+. The average molecular weight is 350 g/mol. The molecule has 6 heteroatoms. The van der Waals surface area contributed by atoms with Crippen molar-refractivity contribution >= 4 is 29.1 Å². The third-order valence-electron chi connectivity index (χ3n) is 4.40. The predicted molar refractivity (Wildman–Crippen MR) is 99.3 cm³/mol. The molecule has 0 unspecified atom stereocenters. The van der Waals surface area contributed by atoms with Crippen LogP contribution in [-0.4, -0.2) is 23.2 Å². The minimum absolute atomic E-state index is 0.00944. The second kappa shape index (κ2) is 7.31. The Balaban J connectivity index is 1.81. The number of nitrogens with zero attached hydrogens (tertiary/aromatic N) is 2. The van der Waals surface area contributed by atoms with E-state index in [-0.39, 0.29) is 17.4 Å². The Hall–Kier alpha value is -3.28. The number of nitro benzene ring substituents is 1. The van der Waals surface area contributed by atoms with E-state index < -0.39 is 4.92 Å². The average Bonchev–Trinajstić information content (AvgIpc) is 2.65. The molecule has 0 N–H and O–H groups in total. The van der Waals surface area contributed by atoms with Gasteiger partial charge in [-0.25, -0.2) is 0 Å². The van der Waals surface area contributed by atoms with E-state index in [0.717, 1.165) is 24.1 Å². The zero-order valence-electron chi connectivity index (χ0n) is 14.3. The summed E-state index contributed by atoms with van der Waals surface area (Å²) < 4.78 is 0. The number of anilines is 1. The summed E-state index contributed by atoms with van der Waals surface area (Å²) in [5, 5.41) is 10.7. The number of carbonyl (C=O) groups excluding carboxylic acids is 2. The normalized spacial score (nSPS) is 13.5. The van der Waals surface area contributed by atoms with E-state index >= 15 is 0 Å². The number of ketones is 1. The number of rotatable bonds is 4. The molecule has 2 aromatic rings. The van der Waals surface area contributed by atoms with Crippen molar-refractivity contribution < 1.29 is 14.5 Å². The van der Waals surface area contributed by atoms with Crippen LogP contribution in [0.15, 0.2) is 48.5 Å². The van der Waals surface area contributed by atoms with Gasteiger partial charge in [-0.2, -0.15) is 0 Å². The van der Waals surface area contributed by atoms with Crippen molar-refractivity contribution in [2.45, 2.75) is 19.8 Å². The molecule has 0 atom stereocenters. The highest BCUT2D eigenvalue weighted by molar-refractivity contribution is 6.05. The molecule has 0 aliphatic carbocycles. The summed E-state index contributed by atoms with van der Waals surface area (Å²) in [6.45, 7) is 2.10. The van der Waals surface area contributed by atoms with Crippen molar-refractivity contribution in [2.75, 3.05) is 11.4 Å². The molecule has 3 rings (SSSR count). The molecule has 132 valence electrons. The van der Waals surface area contributed by atoms with Crippen LogP contribution in [0.1, 0.15) is 34.8 Å². The lowest BCUT2D eigenvalue weighted by Crippen LogP contribution is -2.34. The molecule has 0 fully saturated rings. The van der Waals surface area contributed by atoms with E-state index in [4.69, 9.17) is 0 Å². The van der Waals surface area contributed by atoms with E-state index in [0.29, 0.717) is 17.7 Å². The van der Waals surface area contributed by atoms with Gasteiger partial charge in [0.05, 0.1) is 4.92 Å². The molecule has 0 aromatic heterocycles. The lowest BCUT2D eigenvalue weighted by Gasteiger charge is -2.29. The van der Waals surface area contributed by atoms with E-state index in [2.05, 4.69) is 0 Å². The molecule has 6 nitrogen and oxygen atoms in total. The maximum Gasteiger partial charge on any atom is 0.269 e. The lowest BCUT2D eigenvalue weighted by molar-refractivity contribution is -0.384. The monoisotopic (exact) mass is 350 g/mol. The Labute approximate surface area is 150 Å². The van der Waals surface area contributed by atoms with Crippen molar-refractivity contribution in [1.82, 2.24) is 0 Å². The molecule has 1 amide bonds. The molecule has 0 saturated heterocycles. The van der Waals surface area contributed by atoms with Crippen LogP contribution in [0, 0.1) is 10.1 Å². The first-order valence-electron chi connectivity index (χ1n) is 8.33. The predicted octanol–water partition coefficient (Wildman–Crippen LogP) is 3.79. The fraction of sp³-hybridized carbons (Fsp3) is 0.200. The van der Waals surface area contributed by atoms with Gasteiger partial charge < -0.3 is 4.90 Å². The number of benzene rings is 2. The SMILES string of the molecule is CC(=O)c1ccc2c(c1)N(C(=O)/C=C/c1ccc([N+](=O)[O-])cc1)CCC2. The number of aryl methyl sites for hydroxylation is 1. The molecule has 1 aliphatic heterocycles. The largest absolute Gasteiger partial charge is 0.309 e. The van der Waals surface area contributed by atoms with Crippen LogP contribution in [-0.2, 0) is 11.2 Å². The Morgan fingerprint density at radius 1 is 1.15 bits per heavy atom. The topological polar surface area (TPSA) is 80.5 Å². The highest BCUT2D eigenvalue weighted by atomic mass is 16.6. The lowest BCUT2D eigenvalue weighted by atomic mass is 9.98. The first-order valence-corrected chi connectivity index (χ1v) is 8.33. The third-order valence-corrected chi connectivity index (χ3v) is 4.40. The van der Waals surface area contributed by atoms with Gasteiger partial charge in [0.25, 0.3) is 11.6 Å². The van der Waals surface area contributed by atoms with E-state index in [1.165, 1.54) is 25.1 Å². The van der Waals surface area contributed by atoms with Crippen molar-refractivity contribution in [3.05, 3.63) is 75.3 Å². The fourth-order valence-corrected chi connectivity index (χ4v) is 2.99. The van der Waals surface area contributed by atoms with Gasteiger partial charge in [-0.3, -0.25) is 19.7 Å². The van der Waals surface area contributed by atoms with E-state index in [1.54, 1.807) is 35.2 Å². The summed E-state index contributed by atoms with van der Waals surface area (Å²) in [7, 11) is 0. The van der Waals surface area contributed by atoms with Crippen LogP contribution in [0.25, 0.3) is 6.08 Å². The van der Waals surface area contributed by atoms with Gasteiger partial charge in [0.1, 0.15) is 0 Å². The molecule has 0 spiro atoms. The molecule has 26 heavy (non-hydrogen) atoms. The summed E-state index contributed by atoms with van der Waals surface area (Å²) >= 11 is 0. The first-order chi connectivity index (χ1) is 12.5. The zero-order chi connectivity index (χ0) is 18.7. The van der Waals surface area contributed by atoms with Gasteiger partial charge in [-0.1, -0.05) is 12.1 Å². The first kappa shape index (κ1) is 17.5. The Kier molecular flexibility index (Phi) is 4.93. The molecule has 1 heterocycles. The van der Waals surface area contributed by atoms with Crippen LogP contribution in [0.2, 0.25) is 0 Å². The summed E-state index contributed by atoms with van der Waals surface area (Å²) in [6, 6.07) is 11.5. The van der Waals surface area contributed by atoms with Gasteiger partial charge in [0.15, 0.2) is 5.78 Å². The zero-order valence-corrected chi connectivity index (χ0v) is 14.3. The van der Waals surface area contributed by atoms with E-state index in [1.807, 2.05) is 6.07 Å². The highest BCUT2D eigenvalue weighted by Gasteiger charge is 2.21. The van der Waals surface area contributed by atoms with Crippen molar-refractivity contribution in [2.24, 2.45) is 0 Å². The number of non-ortho nitro benzene ring substituents is 1. The van der Waals surface area contributed by atoms with Gasteiger partial charge >= 0.3 is 0 Å². The maximum atomic E-state index is 12.6. The van der Waals surface area contributed by atoms with Gasteiger partial charge in [0, 0.05) is 36.0 Å². The highest BCUT2D eigenvalue weighted by Crippen LogP contribution is 2.29. The van der Waals surface area contributed by atoms with Crippen molar-refractivity contribution in [1.29, 1.82) is 0 Å². The summed E-state index contributed by atoms with van der Waals surface area (Å²) in [6.07, 6.45) is 4.83. The Morgan fingerprint density at radius 2 is 1.88 bits per heavy atom. The van der Waals surface area contributed by atoms with Gasteiger partial charge in [0.2, 0.25) is 0 Å². The van der Waals surface area contributed by atoms with Crippen LogP contribution >= 0.6 is 0 Å². The molecular weight excluding hydrogens is 332 g/mol. The second-order valence-electron chi connectivity index (χ2n) is 6.18. The number of hydrogen-bond acceptors (Lipinski definition) is 4. The number of fused-ring (bicyclic) bond motifs is 1. The van der Waals surface area contributed by atoms with Gasteiger partial charge in [-0.05, 0) is 55.2 Å². The minimum atomic E-state index is -0.462. The van der Waals surface area contributed by atoms with Crippen molar-refractivity contribution in [3.8, 4) is 0 Å². The smallest absolute Gasteiger partial charge is 0.269 e. The number of carbonyl (C=O) groups is 2. The van der Waals surface area contributed by atoms with Crippen molar-refractivity contribution in [3.63, 3.8) is 0 Å². The van der Waals surface area contributed by atoms with Crippen LogP contribution < -0.4 is 4.90 Å². The molecule has 0 bridgehead atoms. The van der Waals surface area contributed by atoms with Crippen LogP contribution in [0.4, 0.5) is 11.4 Å². The number of Topliss-reactive ketones (excluding diaryl/α,β-unsaturated/α-hetero) is 1. The second-order valence-corrected chi connectivity index (χ2v) is 6.18. The summed E-state index contributed by atoms with van der Waals surface area (Å²) in [5.74, 6) is -0.211. The molecule has 1 aliphatic rings. The fourth-order valence-electron chi connectivity index (χ4n) is 2.99. The van der Waals surface area contributed by atoms with Gasteiger partial charge in [-0.15, -0.1) is 0 Å². The molecule has 2 aromatic carbocycles. The Morgan fingerprint density at radius 3 is 2.54 bits per heavy atom. The van der Waals surface area contributed by atoms with E-state index in [9.17, 15) is 19.7 Å². The number of nitro groups is 1. The molecule has 0 saturated carbocycles. The third kappa shape index (κ3) is 3.69. The summed E-state index contributed by atoms with van der Waals surface area (Å²) in [5.41, 5.74) is 3.14. The quantitative estimate of drug-likeness (QED) is 0.364. The molecular formula is C20H18N2O4.